The lowest BCUT2D eigenvalue weighted by molar-refractivity contribution is -0.149. The van der Waals surface area contributed by atoms with Gasteiger partial charge < -0.3 is 9.84 Å². The minimum atomic E-state index is -2.54. The predicted octanol–water partition coefficient (Wildman–Crippen LogP) is 4.23. The van der Waals surface area contributed by atoms with E-state index in [0.29, 0.717) is 5.56 Å². The van der Waals surface area contributed by atoms with Gasteiger partial charge in [0.1, 0.15) is 11.6 Å². The highest BCUT2D eigenvalue weighted by Crippen LogP contribution is 2.38. The fourth-order valence-corrected chi connectivity index (χ4v) is 3.47. The highest BCUT2D eigenvalue weighted by atomic mass is 19.1. The Hall–Kier alpha value is -2.31. The minimum Gasteiger partial charge on any atom is -0.466 e. The number of ether oxygens (including phenoxy) is 1. The summed E-state index contributed by atoms with van der Waals surface area (Å²) in [4.78, 5) is 11.8. The van der Waals surface area contributed by atoms with E-state index in [4.69, 9.17) is 10.5 Å². The Morgan fingerprint density at radius 2 is 1.57 bits per heavy atom. The molecular formula is C22H27F2NO3. The van der Waals surface area contributed by atoms with Crippen molar-refractivity contribution in [2.24, 2.45) is 5.73 Å². The molecule has 0 heterocycles. The van der Waals surface area contributed by atoms with Crippen LogP contribution in [0, 0.1) is 46.3 Å². The molecule has 0 aromatic heterocycles. The van der Waals surface area contributed by atoms with E-state index < -0.39 is 35.3 Å². The summed E-state index contributed by atoms with van der Waals surface area (Å²) in [5.74, 6) is -2.79. The van der Waals surface area contributed by atoms with Gasteiger partial charge in [-0.15, -0.1) is 0 Å². The first kappa shape index (κ1) is 22.0. The number of aliphatic hydroxyl groups is 1. The van der Waals surface area contributed by atoms with Gasteiger partial charge in [-0.3, -0.25) is 10.5 Å². The van der Waals surface area contributed by atoms with Gasteiger partial charge in [-0.2, -0.15) is 0 Å². The molecule has 6 heteroatoms. The van der Waals surface area contributed by atoms with Crippen molar-refractivity contribution in [3.05, 3.63) is 57.1 Å². The van der Waals surface area contributed by atoms with E-state index in [1.54, 1.807) is 6.92 Å². The number of aryl methyl sites for hydroxylation is 3. The van der Waals surface area contributed by atoms with Crippen molar-refractivity contribution >= 4 is 5.97 Å². The molecule has 1 atom stereocenters. The van der Waals surface area contributed by atoms with Crippen molar-refractivity contribution in [1.29, 1.82) is 0 Å². The average Bonchev–Trinajstić information content (AvgIpc) is 2.57. The van der Waals surface area contributed by atoms with Crippen molar-refractivity contribution in [3.8, 4) is 11.1 Å². The summed E-state index contributed by atoms with van der Waals surface area (Å²) in [5, 5.41) is 10.6. The summed E-state index contributed by atoms with van der Waals surface area (Å²) >= 11 is 0. The van der Waals surface area contributed by atoms with Gasteiger partial charge in [0.05, 0.1) is 18.6 Å². The number of nitrogens with two attached hydrogens (primary N) is 1. The molecule has 2 rings (SSSR count). The summed E-state index contributed by atoms with van der Waals surface area (Å²) in [6.07, 6.45) is -0.762. The molecule has 3 N–H and O–H groups in total. The average molecular weight is 391 g/mol. The van der Waals surface area contributed by atoms with E-state index in [2.05, 4.69) is 0 Å². The highest BCUT2D eigenvalue weighted by molar-refractivity contribution is 5.76. The van der Waals surface area contributed by atoms with Crippen LogP contribution in [-0.2, 0) is 15.3 Å². The Kier molecular flexibility index (Phi) is 6.26. The van der Waals surface area contributed by atoms with Crippen molar-refractivity contribution in [2.45, 2.75) is 53.7 Å². The number of esters is 1. The fraction of sp³-hybridized carbons (Fsp3) is 0.409. The van der Waals surface area contributed by atoms with Crippen molar-refractivity contribution in [1.82, 2.24) is 0 Å². The number of carbonyl (C=O) groups excluding carboxylic acids is 1. The van der Waals surface area contributed by atoms with Gasteiger partial charge in [-0.05, 0) is 81.0 Å². The Labute approximate surface area is 164 Å². The minimum absolute atomic E-state index is 0.0693. The second-order valence-electron chi connectivity index (χ2n) is 7.29. The number of hydrogen-bond donors (Lipinski definition) is 2. The Morgan fingerprint density at radius 1 is 1.04 bits per heavy atom. The maximum atomic E-state index is 15.5. The van der Waals surface area contributed by atoms with Crippen molar-refractivity contribution < 1.29 is 23.4 Å². The van der Waals surface area contributed by atoms with Crippen LogP contribution >= 0.6 is 0 Å². The SMILES string of the molecule is CCOC(=O)C[C@](N)(O)c1c(F)c(C)cc(-c2c(C)c(C)cc(C)c2C)c1F. The third-order valence-corrected chi connectivity index (χ3v) is 5.17. The zero-order chi connectivity index (χ0) is 21.4. The largest absolute Gasteiger partial charge is 0.466 e. The van der Waals surface area contributed by atoms with Gasteiger partial charge in [0, 0.05) is 5.56 Å². The summed E-state index contributed by atoms with van der Waals surface area (Å²) in [6, 6.07) is 3.41. The molecule has 28 heavy (non-hydrogen) atoms. The summed E-state index contributed by atoms with van der Waals surface area (Å²) < 4.78 is 35.1. The van der Waals surface area contributed by atoms with Crippen LogP contribution in [0.1, 0.15) is 46.7 Å². The molecule has 4 nitrogen and oxygen atoms in total. The third-order valence-electron chi connectivity index (χ3n) is 5.17. The van der Waals surface area contributed by atoms with Gasteiger partial charge in [0.2, 0.25) is 0 Å². The van der Waals surface area contributed by atoms with Crippen LogP contribution in [0.3, 0.4) is 0 Å². The summed E-state index contributed by atoms with van der Waals surface area (Å²) in [7, 11) is 0. The molecule has 2 aromatic carbocycles. The number of benzene rings is 2. The van der Waals surface area contributed by atoms with Gasteiger partial charge >= 0.3 is 5.97 Å². The molecular weight excluding hydrogens is 364 g/mol. The molecule has 0 radical (unpaired) electrons. The second-order valence-corrected chi connectivity index (χ2v) is 7.29. The van der Waals surface area contributed by atoms with Crippen LogP contribution in [0.2, 0.25) is 0 Å². The molecule has 0 saturated carbocycles. The number of hydrogen-bond acceptors (Lipinski definition) is 4. The molecule has 0 saturated heterocycles. The standard InChI is InChI=1S/C22H27F2NO3/c1-7-28-17(26)10-22(25,27)19-20(23)13(4)9-16(21(19)24)18-14(5)11(2)8-12(3)15(18)6/h8-9,27H,7,10,25H2,1-6H3/t22-/m0/s1. The van der Waals surface area contributed by atoms with Crippen molar-refractivity contribution in [2.75, 3.05) is 6.61 Å². The van der Waals surface area contributed by atoms with Crippen LogP contribution < -0.4 is 5.73 Å². The molecule has 0 unspecified atom stereocenters. The molecule has 0 aliphatic carbocycles. The second kappa shape index (κ2) is 7.97. The van der Waals surface area contributed by atoms with E-state index in [1.807, 2.05) is 33.8 Å². The lowest BCUT2D eigenvalue weighted by Crippen LogP contribution is -2.41. The number of carbonyl (C=O) groups is 1. The van der Waals surface area contributed by atoms with Crippen LogP contribution in [0.25, 0.3) is 11.1 Å². The van der Waals surface area contributed by atoms with E-state index in [9.17, 15) is 14.3 Å². The Morgan fingerprint density at radius 3 is 2.07 bits per heavy atom. The highest BCUT2D eigenvalue weighted by Gasteiger charge is 2.36. The van der Waals surface area contributed by atoms with Crippen LogP contribution in [0.15, 0.2) is 12.1 Å². The maximum absolute atomic E-state index is 15.5. The first-order chi connectivity index (χ1) is 12.9. The van der Waals surface area contributed by atoms with Crippen molar-refractivity contribution in [3.63, 3.8) is 0 Å². The maximum Gasteiger partial charge on any atom is 0.310 e. The molecule has 152 valence electrons. The monoisotopic (exact) mass is 391 g/mol. The summed E-state index contributed by atoms with van der Waals surface area (Å²) in [5.41, 5.74) is 7.06. The quantitative estimate of drug-likeness (QED) is 0.591. The van der Waals surface area contributed by atoms with Crippen LogP contribution in [0.4, 0.5) is 8.78 Å². The number of halogens is 2. The van der Waals surface area contributed by atoms with Crippen LogP contribution in [-0.4, -0.2) is 17.7 Å². The van der Waals surface area contributed by atoms with E-state index >= 15 is 4.39 Å². The lowest BCUT2D eigenvalue weighted by atomic mass is 9.86. The molecule has 0 amide bonds. The smallest absolute Gasteiger partial charge is 0.310 e. The number of rotatable bonds is 5. The molecule has 0 spiro atoms. The lowest BCUT2D eigenvalue weighted by Gasteiger charge is -2.26. The van der Waals surface area contributed by atoms with Crippen LogP contribution in [0.5, 0.6) is 0 Å². The third kappa shape index (κ3) is 3.93. The first-order valence-corrected chi connectivity index (χ1v) is 9.16. The van der Waals surface area contributed by atoms with E-state index in [1.165, 1.54) is 13.0 Å². The Balaban J connectivity index is 2.78. The van der Waals surface area contributed by atoms with Gasteiger partial charge in [-0.1, -0.05) is 6.07 Å². The van der Waals surface area contributed by atoms with Gasteiger partial charge in [0.25, 0.3) is 0 Å². The Bertz CT molecular complexity index is 910. The first-order valence-electron chi connectivity index (χ1n) is 9.16. The topological polar surface area (TPSA) is 72.5 Å². The van der Waals surface area contributed by atoms with E-state index in [-0.39, 0.29) is 17.7 Å². The zero-order valence-electron chi connectivity index (χ0n) is 17.2. The van der Waals surface area contributed by atoms with E-state index in [0.717, 1.165) is 22.3 Å². The summed E-state index contributed by atoms with van der Waals surface area (Å²) in [6.45, 7) is 10.7. The molecule has 0 bridgehead atoms. The zero-order valence-corrected chi connectivity index (χ0v) is 17.2. The van der Waals surface area contributed by atoms with Gasteiger partial charge in [-0.25, -0.2) is 8.78 Å². The molecule has 0 aliphatic rings. The predicted molar refractivity (Wildman–Crippen MR) is 105 cm³/mol. The molecule has 0 aliphatic heterocycles. The fourth-order valence-electron chi connectivity index (χ4n) is 3.47. The van der Waals surface area contributed by atoms with Gasteiger partial charge in [0.15, 0.2) is 5.72 Å². The normalized spacial score (nSPS) is 13.4. The molecule has 0 fully saturated rings. The molecule has 2 aromatic rings.